The molecule has 0 radical (unpaired) electrons. The van der Waals surface area contributed by atoms with E-state index in [1.54, 1.807) is 12.1 Å². The summed E-state index contributed by atoms with van der Waals surface area (Å²) >= 11 is 0. The summed E-state index contributed by atoms with van der Waals surface area (Å²) in [4.78, 5) is 13.3. The van der Waals surface area contributed by atoms with Gasteiger partial charge in [-0.3, -0.25) is 4.79 Å². The van der Waals surface area contributed by atoms with E-state index in [0.29, 0.717) is 17.9 Å². The first-order valence-electron chi connectivity index (χ1n) is 7.57. The molecule has 0 atom stereocenters. The highest BCUT2D eigenvalue weighted by atomic mass is 16.3. The summed E-state index contributed by atoms with van der Waals surface area (Å²) in [5.41, 5.74) is 2.55. The normalized spacial score (nSPS) is 10.5. The number of anilines is 1. The third-order valence-electron chi connectivity index (χ3n) is 3.41. The highest BCUT2D eigenvalue weighted by Crippen LogP contribution is 2.12. The molecule has 7 nitrogen and oxygen atoms in total. The highest BCUT2D eigenvalue weighted by molar-refractivity contribution is 5.90. The average molecular weight is 323 g/mol. The van der Waals surface area contributed by atoms with Crippen molar-refractivity contribution in [3.05, 3.63) is 60.2 Å². The van der Waals surface area contributed by atoms with Crippen LogP contribution in [0.2, 0.25) is 0 Å². The number of nitrogens with zero attached hydrogens (tertiary/aromatic N) is 4. The Hall–Kier alpha value is -3.06. The van der Waals surface area contributed by atoms with E-state index in [2.05, 4.69) is 20.7 Å². The van der Waals surface area contributed by atoms with Crippen LogP contribution in [0.4, 0.5) is 5.69 Å². The molecule has 0 bridgehead atoms. The number of carbonyl (C=O) groups excluding carboxylic acids is 1. The number of rotatable bonds is 6. The Morgan fingerprint density at radius 1 is 1.08 bits per heavy atom. The minimum absolute atomic E-state index is 0.0156. The molecule has 3 rings (SSSR count). The molecule has 122 valence electrons. The zero-order chi connectivity index (χ0) is 16.8. The molecule has 0 saturated heterocycles. The minimum Gasteiger partial charge on any atom is -0.396 e. The molecular formula is C17H17N5O2. The second-order valence-electron chi connectivity index (χ2n) is 5.23. The summed E-state index contributed by atoms with van der Waals surface area (Å²) in [7, 11) is 0. The van der Waals surface area contributed by atoms with Crippen LogP contribution in [0, 0.1) is 0 Å². The molecule has 0 spiro atoms. The molecule has 1 aromatic heterocycles. The molecule has 7 heteroatoms. The van der Waals surface area contributed by atoms with Gasteiger partial charge in [0, 0.05) is 17.9 Å². The molecule has 1 heterocycles. The average Bonchev–Trinajstić information content (AvgIpc) is 3.06. The van der Waals surface area contributed by atoms with Gasteiger partial charge in [-0.2, -0.15) is 4.80 Å². The molecule has 1 amide bonds. The molecule has 0 saturated carbocycles. The lowest BCUT2D eigenvalue weighted by Crippen LogP contribution is -2.20. The third kappa shape index (κ3) is 4.02. The van der Waals surface area contributed by atoms with Gasteiger partial charge in [-0.1, -0.05) is 42.5 Å². The summed E-state index contributed by atoms with van der Waals surface area (Å²) in [5, 5.41) is 23.7. The first kappa shape index (κ1) is 15.8. The number of tetrazole rings is 1. The third-order valence-corrected chi connectivity index (χ3v) is 3.41. The Labute approximate surface area is 138 Å². The van der Waals surface area contributed by atoms with Crippen molar-refractivity contribution < 1.29 is 9.90 Å². The number of carbonyl (C=O) groups is 1. The molecule has 0 aliphatic rings. The summed E-state index contributed by atoms with van der Waals surface area (Å²) in [6.07, 6.45) is 0.597. The van der Waals surface area contributed by atoms with E-state index in [1.807, 2.05) is 42.5 Å². The van der Waals surface area contributed by atoms with E-state index in [4.69, 9.17) is 5.11 Å². The van der Waals surface area contributed by atoms with Gasteiger partial charge in [0.25, 0.3) is 0 Å². The van der Waals surface area contributed by atoms with Gasteiger partial charge in [0.05, 0.1) is 0 Å². The van der Waals surface area contributed by atoms with Crippen LogP contribution in [0.1, 0.15) is 5.56 Å². The van der Waals surface area contributed by atoms with Crippen LogP contribution in [0.15, 0.2) is 54.6 Å². The van der Waals surface area contributed by atoms with Crippen LogP contribution in [-0.4, -0.2) is 37.8 Å². The van der Waals surface area contributed by atoms with Crippen molar-refractivity contribution in [2.45, 2.75) is 13.0 Å². The van der Waals surface area contributed by atoms with Gasteiger partial charge in [-0.05, 0) is 29.3 Å². The molecule has 0 unspecified atom stereocenters. The number of nitrogens with one attached hydrogen (secondary N) is 1. The maximum absolute atomic E-state index is 12.1. The number of hydrogen-bond acceptors (Lipinski definition) is 5. The van der Waals surface area contributed by atoms with Crippen molar-refractivity contribution in [1.29, 1.82) is 0 Å². The van der Waals surface area contributed by atoms with Gasteiger partial charge in [-0.25, -0.2) is 0 Å². The second-order valence-corrected chi connectivity index (χ2v) is 5.23. The summed E-state index contributed by atoms with van der Waals surface area (Å²) in [6, 6.07) is 16.8. The van der Waals surface area contributed by atoms with Crippen molar-refractivity contribution in [2.24, 2.45) is 0 Å². The highest BCUT2D eigenvalue weighted by Gasteiger charge is 2.09. The lowest BCUT2D eigenvalue weighted by molar-refractivity contribution is -0.117. The second kappa shape index (κ2) is 7.47. The van der Waals surface area contributed by atoms with Crippen molar-refractivity contribution in [3.63, 3.8) is 0 Å². The van der Waals surface area contributed by atoms with E-state index in [9.17, 15) is 4.79 Å². The Morgan fingerprint density at radius 2 is 1.83 bits per heavy atom. The van der Waals surface area contributed by atoms with Gasteiger partial charge in [0.1, 0.15) is 6.54 Å². The van der Waals surface area contributed by atoms with Crippen LogP contribution in [0.25, 0.3) is 11.4 Å². The fourth-order valence-electron chi connectivity index (χ4n) is 2.23. The first-order valence-corrected chi connectivity index (χ1v) is 7.57. The van der Waals surface area contributed by atoms with E-state index < -0.39 is 0 Å². The molecule has 0 aliphatic heterocycles. The molecule has 0 aliphatic carbocycles. The predicted octanol–water partition coefficient (Wildman–Crippen LogP) is 1.51. The molecule has 2 aromatic carbocycles. The molecular weight excluding hydrogens is 306 g/mol. The summed E-state index contributed by atoms with van der Waals surface area (Å²) in [5.74, 6) is 0.249. The zero-order valence-electron chi connectivity index (χ0n) is 13.0. The van der Waals surface area contributed by atoms with Crippen LogP contribution in [-0.2, 0) is 17.8 Å². The van der Waals surface area contributed by atoms with Gasteiger partial charge >= 0.3 is 0 Å². The molecule has 2 N–H and O–H groups in total. The lowest BCUT2D eigenvalue weighted by atomic mass is 10.1. The standard InChI is InChI=1S/C17H17N5O2/c23-11-10-13-6-8-15(9-7-13)18-16(24)12-22-20-17(19-21-22)14-4-2-1-3-5-14/h1-9,23H,10-12H2,(H,18,24). The van der Waals surface area contributed by atoms with E-state index >= 15 is 0 Å². The Morgan fingerprint density at radius 3 is 2.54 bits per heavy atom. The fourth-order valence-corrected chi connectivity index (χ4v) is 2.23. The number of amides is 1. The summed E-state index contributed by atoms with van der Waals surface area (Å²) < 4.78 is 0. The van der Waals surface area contributed by atoms with Gasteiger partial charge in [0.2, 0.25) is 11.7 Å². The monoisotopic (exact) mass is 323 g/mol. The van der Waals surface area contributed by atoms with Crippen molar-refractivity contribution in [2.75, 3.05) is 11.9 Å². The first-order chi connectivity index (χ1) is 11.7. The van der Waals surface area contributed by atoms with Crippen molar-refractivity contribution >= 4 is 11.6 Å². The minimum atomic E-state index is -0.234. The number of aliphatic hydroxyl groups is 1. The number of hydrogen-bond donors (Lipinski definition) is 2. The number of benzene rings is 2. The van der Waals surface area contributed by atoms with Crippen LogP contribution in [0.3, 0.4) is 0 Å². The fraction of sp³-hybridized carbons (Fsp3) is 0.176. The number of aliphatic hydroxyl groups excluding tert-OH is 1. The van der Waals surface area contributed by atoms with Crippen LogP contribution >= 0.6 is 0 Å². The summed E-state index contributed by atoms with van der Waals surface area (Å²) in [6.45, 7) is 0.0889. The van der Waals surface area contributed by atoms with E-state index in [0.717, 1.165) is 11.1 Å². The van der Waals surface area contributed by atoms with Gasteiger partial charge < -0.3 is 10.4 Å². The van der Waals surface area contributed by atoms with Crippen LogP contribution < -0.4 is 5.32 Å². The van der Waals surface area contributed by atoms with Gasteiger partial charge in [-0.15, -0.1) is 10.2 Å². The molecule has 3 aromatic rings. The smallest absolute Gasteiger partial charge is 0.248 e. The van der Waals surface area contributed by atoms with Crippen molar-refractivity contribution in [1.82, 2.24) is 20.2 Å². The zero-order valence-corrected chi connectivity index (χ0v) is 13.0. The predicted molar refractivity (Wildman–Crippen MR) is 89.1 cm³/mol. The van der Waals surface area contributed by atoms with Gasteiger partial charge in [0.15, 0.2) is 0 Å². The molecule has 24 heavy (non-hydrogen) atoms. The Kier molecular flexibility index (Phi) is 4.93. The number of aromatic nitrogens is 4. The maximum atomic E-state index is 12.1. The largest absolute Gasteiger partial charge is 0.396 e. The SMILES string of the molecule is O=C(Cn1nnc(-c2ccccc2)n1)Nc1ccc(CCO)cc1. The Balaban J connectivity index is 1.60. The molecule has 0 fully saturated rings. The Bertz CT molecular complexity index is 799. The van der Waals surface area contributed by atoms with E-state index in [-0.39, 0.29) is 19.1 Å². The van der Waals surface area contributed by atoms with Crippen molar-refractivity contribution in [3.8, 4) is 11.4 Å². The maximum Gasteiger partial charge on any atom is 0.248 e. The quantitative estimate of drug-likeness (QED) is 0.717. The van der Waals surface area contributed by atoms with E-state index in [1.165, 1.54) is 4.80 Å². The topological polar surface area (TPSA) is 92.9 Å². The lowest BCUT2D eigenvalue weighted by Gasteiger charge is -2.05. The van der Waals surface area contributed by atoms with Crippen LogP contribution in [0.5, 0.6) is 0 Å².